The van der Waals surface area contributed by atoms with Gasteiger partial charge in [0.05, 0.1) is 27.4 Å². The molecular weight excluding hydrogens is 480 g/mol. The molecule has 4 aromatic rings. The number of fused-ring (bicyclic) bond motifs is 1. The molecule has 0 saturated carbocycles. The monoisotopic (exact) mass is 502 g/mol. The normalized spacial score (nSPS) is 12.3. The van der Waals surface area contributed by atoms with Gasteiger partial charge in [-0.25, -0.2) is 17.4 Å². The largest absolute Gasteiger partial charge is 0.296 e. The second-order valence-corrected chi connectivity index (χ2v) is 11.9. The number of hydrogen-bond acceptors (Lipinski definition) is 7. The molecule has 7 nitrogen and oxygen atoms in total. The van der Waals surface area contributed by atoms with Gasteiger partial charge in [-0.2, -0.15) is 8.42 Å². The molecule has 0 aliphatic carbocycles. The molecule has 0 saturated heterocycles. The summed E-state index contributed by atoms with van der Waals surface area (Å²) in [5.74, 6) is 0.192. The second kappa shape index (κ2) is 9.30. The lowest BCUT2D eigenvalue weighted by Crippen LogP contribution is -2.15. The van der Waals surface area contributed by atoms with E-state index in [9.17, 15) is 16.8 Å². The van der Waals surface area contributed by atoms with Gasteiger partial charge in [-0.1, -0.05) is 59.3 Å². The van der Waals surface area contributed by atoms with Crippen LogP contribution in [0.3, 0.4) is 0 Å². The Labute approximate surface area is 197 Å². The molecule has 0 unspecified atom stereocenters. The van der Waals surface area contributed by atoms with E-state index in [0.717, 1.165) is 22.9 Å². The Morgan fingerprint density at radius 3 is 2.03 bits per heavy atom. The number of hydrogen-bond donors (Lipinski definition) is 0. The molecule has 33 heavy (non-hydrogen) atoms. The topological polar surface area (TPSA) is 95.3 Å². The summed E-state index contributed by atoms with van der Waals surface area (Å²) in [7, 11) is -7.81. The lowest BCUT2D eigenvalue weighted by Gasteiger charge is -2.11. The minimum Gasteiger partial charge on any atom is -0.265 e. The smallest absolute Gasteiger partial charge is 0.265 e. The number of para-hydroxylation sites is 2. The highest BCUT2D eigenvalue weighted by Gasteiger charge is 2.24. The highest BCUT2D eigenvalue weighted by atomic mass is 32.2. The van der Waals surface area contributed by atoms with Crippen LogP contribution in [0.5, 0.6) is 0 Å². The van der Waals surface area contributed by atoms with Crippen LogP contribution in [0.25, 0.3) is 11.0 Å². The van der Waals surface area contributed by atoms with Crippen LogP contribution < -0.4 is 0 Å². The average Bonchev–Trinajstić information content (AvgIpc) is 3.16. The van der Waals surface area contributed by atoms with Gasteiger partial charge in [-0.05, 0) is 50.2 Å². The lowest BCUT2D eigenvalue weighted by molar-refractivity contribution is 0.341. The van der Waals surface area contributed by atoms with Crippen molar-refractivity contribution in [3.8, 4) is 0 Å². The number of nitrogens with zero attached hydrogens (tertiary/aromatic N) is 2. The molecule has 0 amide bonds. The third kappa shape index (κ3) is 4.98. The minimum atomic E-state index is -3.91. The molecule has 0 aliphatic heterocycles. The van der Waals surface area contributed by atoms with Gasteiger partial charge in [0.2, 0.25) is 0 Å². The molecule has 0 bridgehead atoms. The van der Waals surface area contributed by atoms with Crippen LogP contribution in [0.15, 0.2) is 87.7 Å². The number of imidazole rings is 1. The molecule has 172 valence electrons. The summed E-state index contributed by atoms with van der Waals surface area (Å²) in [5.41, 5.74) is 2.88. The minimum absolute atomic E-state index is 0.0762. The Hall–Kier alpha value is -2.66. The molecule has 0 N–H and O–H groups in total. The molecule has 0 atom stereocenters. The van der Waals surface area contributed by atoms with Crippen molar-refractivity contribution >= 4 is 42.9 Å². The summed E-state index contributed by atoms with van der Waals surface area (Å²) < 4.78 is 58.0. The zero-order chi connectivity index (χ0) is 23.6. The van der Waals surface area contributed by atoms with Crippen LogP contribution in [0.2, 0.25) is 0 Å². The molecule has 0 radical (unpaired) electrons. The predicted octanol–water partition coefficient (Wildman–Crippen LogP) is 4.39. The zero-order valence-corrected chi connectivity index (χ0v) is 20.5. The molecule has 0 aliphatic rings. The fourth-order valence-corrected chi connectivity index (χ4v) is 6.72. The third-order valence-electron chi connectivity index (χ3n) is 4.91. The lowest BCUT2D eigenvalue weighted by atomic mass is 10.2. The van der Waals surface area contributed by atoms with Crippen molar-refractivity contribution in [2.24, 2.45) is 0 Å². The number of thioether (sulfide) groups is 1. The summed E-state index contributed by atoms with van der Waals surface area (Å²) in [4.78, 5) is 4.69. The summed E-state index contributed by atoms with van der Waals surface area (Å²) in [6, 6.07) is 19.9. The molecule has 4 rings (SSSR count). The summed E-state index contributed by atoms with van der Waals surface area (Å²) in [6.07, 6.45) is 0. The third-order valence-corrected chi connectivity index (χ3v) is 8.98. The van der Waals surface area contributed by atoms with E-state index in [1.54, 1.807) is 60.7 Å². The van der Waals surface area contributed by atoms with Crippen molar-refractivity contribution in [2.45, 2.75) is 28.8 Å². The average molecular weight is 503 g/mol. The first-order valence-corrected chi connectivity index (χ1v) is 13.9. The van der Waals surface area contributed by atoms with Crippen molar-refractivity contribution in [3.63, 3.8) is 0 Å². The number of rotatable bonds is 8. The van der Waals surface area contributed by atoms with E-state index in [2.05, 4.69) is 4.98 Å². The second-order valence-electron chi connectivity index (χ2n) is 7.40. The maximum atomic E-state index is 13.4. The molecule has 0 fully saturated rings. The Morgan fingerprint density at radius 2 is 1.39 bits per heavy atom. The van der Waals surface area contributed by atoms with Crippen LogP contribution in [-0.2, 0) is 24.3 Å². The fraction of sp³-hybridized carbons (Fsp3) is 0.174. The molecular formula is C23H22N2O5S3. The van der Waals surface area contributed by atoms with Crippen molar-refractivity contribution < 1.29 is 21.0 Å². The standard InChI is InChI=1S/C23H22N2O5S3/c1-17-7-11-19(12-8-17)32(26,27)25-22-6-4-3-5-21(22)24-23(25)31-16-15-30-33(28,29)20-13-9-18(2)10-14-20/h3-14H,15-16H2,1-2H3. The first kappa shape index (κ1) is 23.5. The predicted molar refractivity (Wildman–Crippen MR) is 129 cm³/mol. The van der Waals surface area contributed by atoms with Gasteiger partial charge in [0, 0.05) is 5.75 Å². The van der Waals surface area contributed by atoms with Crippen LogP contribution in [-0.4, -0.2) is 38.2 Å². The van der Waals surface area contributed by atoms with Gasteiger partial charge in [-0.15, -0.1) is 0 Å². The van der Waals surface area contributed by atoms with Crippen LogP contribution in [0, 0.1) is 13.8 Å². The van der Waals surface area contributed by atoms with Crippen LogP contribution in [0.4, 0.5) is 0 Å². The summed E-state index contributed by atoms with van der Waals surface area (Å²) >= 11 is 1.12. The molecule has 0 spiro atoms. The van der Waals surface area contributed by atoms with Gasteiger partial charge in [-0.3, -0.25) is 4.18 Å². The van der Waals surface area contributed by atoms with Gasteiger partial charge in [0.1, 0.15) is 0 Å². The summed E-state index contributed by atoms with van der Waals surface area (Å²) in [5, 5.41) is 0.244. The van der Waals surface area contributed by atoms with Crippen molar-refractivity contribution in [1.82, 2.24) is 8.96 Å². The SMILES string of the molecule is Cc1ccc(S(=O)(=O)OCCSc2nc3ccccc3n2S(=O)(=O)c2ccc(C)cc2)cc1. The van der Waals surface area contributed by atoms with E-state index in [0.29, 0.717) is 11.0 Å². The first-order chi connectivity index (χ1) is 15.7. The van der Waals surface area contributed by atoms with Crippen molar-refractivity contribution in [1.29, 1.82) is 0 Å². The maximum Gasteiger partial charge on any atom is 0.296 e. The Kier molecular flexibility index (Phi) is 6.62. The Bertz CT molecular complexity index is 1490. The molecule has 1 aromatic heterocycles. The van der Waals surface area contributed by atoms with Gasteiger partial charge in [0.15, 0.2) is 5.16 Å². The highest BCUT2D eigenvalue weighted by Crippen LogP contribution is 2.29. The summed E-state index contributed by atoms with van der Waals surface area (Å²) in [6.45, 7) is 3.62. The molecule has 1 heterocycles. The van der Waals surface area contributed by atoms with Crippen LogP contribution in [0.1, 0.15) is 11.1 Å². The van der Waals surface area contributed by atoms with Crippen molar-refractivity contribution in [2.75, 3.05) is 12.4 Å². The Morgan fingerprint density at radius 1 is 0.818 bits per heavy atom. The van der Waals surface area contributed by atoms with E-state index in [1.807, 2.05) is 13.8 Å². The Balaban J connectivity index is 1.57. The van der Waals surface area contributed by atoms with E-state index >= 15 is 0 Å². The molecule has 3 aromatic carbocycles. The van der Waals surface area contributed by atoms with Gasteiger partial charge in [0.25, 0.3) is 20.1 Å². The van der Waals surface area contributed by atoms with Gasteiger partial charge < -0.3 is 0 Å². The number of aryl methyl sites for hydroxylation is 2. The van der Waals surface area contributed by atoms with Crippen LogP contribution >= 0.6 is 11.8 Å². The fourth-order valence-electron chi connectivity index (χ4n) is 3.17. The van der Waals surface area contributed by atoms with E-state index in [-0.39, 0.29) is 27.3 Å². The maximum absolute atomic E-state index is 13.4. The van der Waals surface area contributed by atoms with E-state index in [1.165, 1.54) is 16.1 Å². The zero-order valence-electron chi connectivity index (χ0n) is 18.0. The van der Waals surface area contributed by atoms with E-state index in [4.69, 9.17) is 4.18 Å². The molecule has 10 heteroatoms. The highest BCUT2D eigenvalue weighted by molar-refractivity contribution is 8.00. The number of aromatic nitrogens is 2. The number of benzene rings is 3. The van der Waals surface area contributed by atoms with E-state index < -0.39 is 20.1 Å². The van der Waals surface area contributed by atoms with Crippen molar-refractivity contribution in [3.05, 3.63) is 83.9 Å². The quantitative estimate of drug-likeness (QED) is 0.200. The van der Waals surface area contributed by atoms with Gasteiger partial charge >= 0.3 is 0 Å². The first-order valence-electron chi connectivity index (χ1n) is 10.1.